The first-order chi connectivity index (χ1) is 11.8. The highest BCUT2D eigenvalue weighted by Crippen LogP contribution is 2.34. The van der Waals surface area contributed by atoms with Crippen molar-refractivity contribution in [2.45, 2.75) is 0 Å². The second kappa shape index (κ2) is 8.39. The summed E-state index contributed by atoms with van der Waals surface area (Å²) in [5.41, 5.74) is 0.794. The summed E-state index contributed by atoms with van der Waals surface area (Å²) in [5.74, 6) is -0.155. The van der Waals surface area contributed by atoms with Gasteiger partial charge < -0.3 is 15.2 Å². The standard InChI is InChI=1S/C17H11Br2ClN2O3/c1-25-15-3-2-11(20)7-14(15)22-17(24)10(8-21)4-9-5-12(18)16(23)13(19)6-9/h2-7,23H,1H3,(H,22,24)/b10-4+. The first kappa shape index (κ1) is 19.3. The van der Waals surface area contributed by atoms with E-state index in [0.717, 1.165) is 0 Å². The lowest BCUT2D eigenvalue weighted by Crippen LogP contribution is -2.14. The molecule has 0 bridgehead atoms. The minimum Gasteiger partial charge on any atom is -0.506 e. The Bertz CT molecular complexity index is 884. The van der Waals surface area contributed by atoms with E-state index in [-0.39, 0.29) is 11.3 Å². The number of anilines is 1. The predicted octanol–water partition coefficient (Wildman–Crippen LogP) is 5.12. The molecule has 0 heterocycles. The Balaban J connectivity index is 2.34. The van der Waals surface area contributed by atoms with Gasteiger partial charge in [0.15, 0.2) is 0 Å². The van der Waals surface area contributed by atoms with Gasteiger partial charge in [0.05, 0.1) is 21.7 Å². The predicted molar refractivity (Wildman–Crippen MR) is 104 cm³/mol. The summed E-state index contributed by atoms with van der Waals surface area (Å²) < 4.78 is 6.03. The number of aromatic hydroxyl groups is 1. The van der Waals surface area contributed by atoms with Gasteiger partial charge in [-0.3, -0.25) is 4.79 Å². The molecule has 2 N–H and O–H groups in total. The van der Waals surface area contributed by atoms with E-state index < -0.39 is 5.91 Å². The number of rotatable bonds is 4. The number of ether oxygens (including phenoxy) is 1. The third-order valence-electron chi connectivity index (χ3n) is 3.13. The zero-order chi connectivity index (χ0) is 18.6. The van der Waals surface area contributed by atoms with Crippen molar-refractivity contribution in [1.29, 1.82) is 5.26 Å². The monoisotopic (exact) mass is 484 g/mol. The third-order valence-corrected chi connectivity index (χ3v) is 4.57. The van der Waals surface area contributed by atoms with Crippen LogP contribution in [0.15, 0.2) is 44.9 Å². The number of nitrogens with zero attached hydrogens (tertiary/aromatic N) is 1. The molecular weight excluding hydrogens is 475 g/mol. The second-order valence-corrected chi connectivity index (χ2v) is 6.95. The van der Waals surface area contributed by atoms with Gasteiger partial charge in [0.1, 0.15) is 23.1 Å². The number of carbonyl (C=O) groups is 1. The van der Waals surface area contributed by atoms with E-state index >= 15 is 0 Å². The van der Waals surface area contributed by atoms with Crippen molar-refractivity contribution in [3.8, 4) is 17.6 Å². The lowest BCUT2D eigenvalue weighted by Gasteiger charge is -2.10. The molecule has 0 fully saturated rings. The van der Waals surface area contributed by atoms with Gasteiger partial charge in [-0.05, 0) is 73.8 Å². The van der Waals surface area contributed by atoms with Gasteiger partial charge >= 0.3 is 0 Å². The smallest absolute Gasteiger partial charge is 0.266 e. The summed E-state index contributed by atoms with van der Waals surface area (Å²) in [6, 6.07) is 9.80. The molecule has 0 aliphatic carbocycles. The van der Waals surface area contributed by atoms with Crippen molar-refractivity contribution in [3.05, 3.63) is 55.4 Å². The summed E-state index contributed by atoms with van der Waals surface area (Å²) in [4.78, 5) is 12.4. The molecule has 0 aromatic heterocycles. The molecular formula is C17H11Br2ClN2O3. The normalized spacial score (nSPS) is 10.9. The SMILES string of the molecule is COc1ccc(Cl)cc1NC(=O)/C(C#N)=C/c1cc(Br)c(O)c(Br)c1. The molecule has 1 amide bonds. The van der Waals surface area contributed by atoms with Crippen LogP contribution in [0.2, 0.25) is 5.02 Å². The van der Waals surface area contributed by atoms with Crippen LogP contribution >= 0.6 is 43.5 Å². The Morgan fingerprint density at radius 3 is 2.52 bits per heavy atom. The fourth-order valence-electron chi connectivity index (χ4n) is 1.95. The molecule has 0 saturated heterocycles. The Hall–Kier alpha value is -2.01. The van der Waals surface area contributed by atoms with Crippen LogP contribution in [0, 0.1) is 11.3 Å². The first-order valence-electron chi connectivity index (χ1n) is 6.80. The number of nitriles is 1. The maximum absolute atomic E-state index is 12.4. The summed E-state index contributed by atoms with van der Waals surface area (Å²) in [7, 11) is 1.46. The molecule has 2 aromatic carbocycles. The van der Waals surface area contributed by atoms with E-state index in [1.54, 1.807) is 24.3 Å². The molecule has 0 atom stereocenters. The number of benzene rings is 2. The van der Waals surface area contributed by atoms with E-state index in [1.807, 2.05) is 6.07 Å². The highest BCUT2D eigenvalue weighted by Gasteiger charge is 2.14. The Labute approximate surface area is 166 Å². The van der Waals surface area contributed by atoms with Crippen LogP contribution in [0.1, 0.15) is 5.56 Å². The molecule has 0 radical (unpaired) electrons. The Morgan fingerprint density at radius 2 is 1.96 bits per heavy atom. The number of methoxy groups -OCH3 is 1. The van der Waals surface area contributed by atoms with E-state index in [4.69, 9.17) is 16.3 Å². The molecule has 2 rings (SSSR count). The number of amides is 1. The number of halogens is 3. The van der Waals surface area contributed by atoms with Crippen molar-refractivity contribution >= 4 is 61.1 Å². The Kier molecular flexibility index (Phi) is 6.48. The maximum atomic E-state index is 12.4. The topological polar surface area (TPSA) is 82.3 Å². The number of phenolic OH excluding ortho intramolecular Hbond substituents is 1. The van der Waals surface area contributed by atoms with Crippen LogP contribution in [-0.4, -0.2) is 18.1 Å². The van der Waals surface area contributed by atoms with Crippen molar-refractivity contribution in [2.24, 2.45) is 0 Å². The van der Waals surface area contributed by atoms with E-state index in [2.05, 4.69) is 37.2 Å². The van der Waals surface area contributed by atoms with Crippen molar-refractivity contribution in [2.75, 3.05) is 12.4 Å². The molecule has 25 heavy (non-hydrogen) atoms. The van der Waals surface area contributed by atoms with Gasteiger partial charge in [-0.15, -0.1) is 0 Å². The molecule has 8 heteroatoms. The lowest BCUT2D eigenvalue weighted by atomic mass is 10.1. The van der Waals surface area contributed by atoms with Gasteiger partial charge in [0, 0.05) is 5.02 Å². The van der Waals surface area contributed by atoms with Crippen LogP contribution in [0.5, 0.6) is 11.5 Å². The second-order valence-electron chi connectivity index (χ2n) is 4.80. The molecule has 2 aromatic rings. The number of hydrogen-bond acceptors (Lipinski definition) is 4. The van der Waals surface area contributed by atoms with Crippen molar-refractivity contribution in [3.63, 3.8) is 0 Å². The number of carbonyl (C=O) groups excluding carboxylic acids is 1. The van der Waals surface area contributed by atoms with Crippen molar-refractivity contribution < 1.29 is 14.6 Å². The molecule has 0 aliphatic rings. The average Bonchev–Trinajstić information content (AvgIpc) is 2.57. The lowest BCUT2D eigenvalue weighted by molar-refractivity contribution is -0.112. The van der Waals surface area contributed by atoms with Gasteiger partial charge in [0.25, 0.3) is 5.91 Å². The zero-order valence-electron chi connectivity index (χ0n) is 12.8. The van der Waals surface area contributed by atoms with Crippen LogP contribution < -0.4 is 10.1 Å². The van der Waals surface area contributed by atoms with Crippen LogP contribution in [-0.2, 0) is 4.79 Å². The quantitative estimate of drug-likeness (QED) is 0.464. The molecule has 0 spiro atoms. The summed E-state index contributed by atoms with van der Waals surface area (Å²) in [6.07, 6.45) is 1.40. The summed E-state index contributed by atoms with van der Waals surface area (Å²) in [5, 5.41) is 22.0. The molecule has 0 saturated carbocycles. The first-order valence-corrected chi connectivity index (χ1v) is 8.76. The highest BCUT2D eigenvalue weighted by atomic mass is 79.9. The molecule has 128 valence electrons. The minimum atomic E-state index is -0.608. The van der Waals surface area contributed by atoms with E-state index in [1.165, 1.54) is 19.3 Å². The Morgan fingerprint density at radius 1 is 1.32 bits per heavy atom. The molecule has 5 nitrogen and oxygen atoms in total. The maximum Gasteiger partial charge on any atom is 0.266 e. The summed E-state index contributed by atoms with van der Waals surface area (Å²) in [6.45, 7) is 0. The third kappa shape index (κ3) is 4.75. The van der Waals surface area contributed by atoms with Gasteiger partial charge in [-0.25, -0.2) is 0 Å². The zero-order valence-corrected chi connectivity index (χ0v) is 16.7. The van der Waals surface area contributed by atoms with Crippen LogP contribution in [0.4, 0.5) is 5.69 Å². The van der Waals surface area contributed by atoms with Gasteiger partial charge in [-0.1, -0.05) is 11.6 Å². The molecule has 0 unspecified atom stereocenters. The van der Waals surface area contributed by atoms with E-state index in [9.17, 15) is 15.2 Å². The largest absolute Gasteiger partial charge is 0.506 e. The average molecular weight is 487 g/mol. The number of hydrogen-bond donors (Lipinski definition) is 2. The van der Waals surface area contributed by atoms with E-state index in [0.29, 0.717) is 31.0 Å². The summed E-state index contributed by atoms with van der Waals surface area (Å²) >= 11 is 12.3. The number of nitrogens with one attached hydrogen (secondary N) is 1. The minimum absolute atomic E-state index is 0.0313. The number of phenols is 1. The fourth-order valence-corrected chi connectivity index (χ4v) is 3.35. The fraction of sp³-hybridized carbons (Fsp3) is 0.0588. The van der Waals surface area contributed by atoms with Gasteiger partial charge in [-0.2, -0.15) is 5.26 Å². The highest BCUT2D eigenvalue weighted by molar-refractivity contribution is 9.11. The van der Waals surface area contributed by atoms with Crippen molar-refractivity contribution in [1.82, 2.24) is 0 Å². The van der Waals surface area contributed by atoms with Crippen LogP contribution in [0.25, 0.3) is 6.08 Å². The van der Waals surface area contributed by atoms with Crippen LogP contribution in [0.3, 0.4) is 0 Å². The molecule has 0 aliphatic heterocycles. The van der Waals surface area contributed by atoms with Gasteiger partial charge in [0.2, 0.25) is 0 Å².